The number of allylic oxidation sites excluding steroid dienone is 12. The van der Waals surface area contributed by atoms with E-state index in [0.29, 0.717) is 25.7 Å². The lowest BCUT2D eigenvalue weighted by atomic mass is 10.1. The number of hydrogen-bond donors (Lipinski definition) is 4. The van der Waals surface area contributed by atoms with Gasteiger partial charge in [-0.2, -0.15) is 0 Å². The van der Waals surface area contributed by atoms with E-state index in [-0.39, 0.29) is 12.8 Å². The first-order valence-corrected chi connectivity index (χ1v) is 23.2. The van der Waals surface area contributed by atoms with Crippen molar-refractivity contribution in [3.63, 3.8) is 0 Å². The van der Waals surface area contributed by atoms with Gasteiger partial charge in [-0.15, -0.1) is 0 Å². The molecular formula is C46H76NO11P. The number of aliphatic hydroxyl groups is 1. The highest BCUT2D eigenvalue weighted by Gasteiger charge is 2.28. The SMILES string of the molecule is CCCCC/C=C\C/C=C\C/C=C\CCCCCCC(=O)OC[C@H](COP(=O)(O)OC[C@H](N)C(=O)O)OC(=O)CCC/C=C/C=C\C(O)C/C=C\C/C=C\CCCCC. The first-order chi connectivity index (χ1) is 28.5. The highest BCUT2D eigenvalue weighted by Crippen LogP contribution is 2.43. The Morgan fingerprint density at radius 2 is 1.12 bits per heavy atom. The predicted octanol–water partition coefficient (Wildman–Crippen LogP) is 10.5. The van der Waals surface area contributed by atoms with Crippen LogP contribution in [-0.4, -0.2) is 71.1 Å². The van der Waals surface area contributed by atoms with Crippen LogP contribution in [0.25, 0.3) is 0 Å². The fourth-order valence-corrected chi connectivity index (χ4v) is 5.98. The Balaban J connectivity index is 4.61. The van der Waals surface area contributed by atoms with Crippen molar-refractivity contribution in [2.75, 3.05) is 19.8 Å². The number of ether oxygens (including phenoxy) is 2. The topological polar surface area (TPSA) is 192 Å². The maximum atomic E-state index is 12.6. The van der Waals surface area contributed by atoms with Gasteiger partial charge in [0, 0.05) is 12.8 Å². The molecule has 0 aromatic heterocycles. The molecule has 0 fully saturated rings. The molecule has 59 heavy (non-hydrogen) atoms. The van der Waals surface area contributed by atoms with E-state index in [1.807, 2.05) is 18.2 Å². The number of nitrogens with two attached hydrogens (primary N) is 1. The second-order valence-corrected chi connectivity index (χ2v) is 15.8. The zero-order valence-electron chi connectivity index (χ0n) is 35.9. The van der Waals surface area contributed by atoms with Crippen molar-refractivity contribution in [2.45, 2.75) is 167 Å². The van der Waals surface area contributed by atoms with Crippen molar-refractivity contribution < 1.29 is 52.6 Å². The van der Waals surface area contributed by atoms with E-state index in [9.17, 15) is 28.9 Å². The summed E-state index contributed by atoms with van der Waals surface area (Å²) in [6.07, 6.45) is 45.3. The van der Waals surface area contributed by atoms with Crippen LogP contribution in [0.1, 0.15) is 149 Å². The van der Waals surface area contributed by atoms with Gasteiger partial charge >= 0.3 is 25.7 Å². The third-order valence-corrected chi connectivity index (χ3v) is 9.65. The van der Waals surface area contributed by atoms with Crippen LogP contribution >= 0.6 is 7.82 Å². The lowest BCUT2D eigenvalue weighted by molar-refractivity contribution is -0.161. The lowest BCUT2D eigenvalue weighted by Crippen LogP contribution is -2.34. The summed E-state index contributed by atoms with van der Waals surface area (Å²) < 4.78 is 32.5. The molecule has 4 atom stereocenters. The van der Waals surface area contributed by atoms with Gasteiger partial charge in [-0.05, 0) is 83.5 Å². The van der Waals surface area contributed by atoms with Crippen molar-refractivity contribution in [1.82, 2.24) is 0 Å². The van der Waals surface area contributed by atoms with Crippen LogP contribution in [0, 0.1) is 0 Å². The van der Waals surface area contributed by atoms with E-state index in [1.165, 1.54) is 38.5 Å². The summed E-state index contributed by atoms with van der Waals surface area (Å²) in [6.45, 7) is 2.55. The molecule has 0 heterocycles. The number of aliphatic carboxylic acids is 1. The Morgan fingerprint density at radius 3 is 1.71 bits per heavy atom. The van der Waals surface area contributed by atoms with E-state index >= 15 is 0 Å². The van der Waals surface area contributed by atoms with Crippen molar-refractivity contribution >= 4 is 25.7 Å². The van der Waals surface area contributed by atoms with E-state index in [1.54, 1.807) is 18.2 Å². The van der Waals surface area contributed by atoms with Crippen LogP contribution in [0.2, 0.25) is 0 Å². The van der Waals surface area contributed by atoms with Crippen LogP contribution in [0.4, 0.5) is 0 Å². The third kappa shape index (κ3) is 39.8. The Bertz CT molecular complexity index is 1340. The normalized spacial score (nSPS) is 15.1. The molecule has 0 aromatic carbocycles. The van der Waals surface area contributed by atoms with E-state index < -0.39 is 63.8 Å². The minimum Gasteiger partial charge on any atom is -0.480 e. The van der Waals surface area contributed by atoms with Gasteiger partial charge in [0.1, 0.15) is 12.6 Å². The molecule has 0 aromatic rings. The van der Waals surface area contributed by atoms with Crippen LogP contribution in [0.5, 0.6) is 0 Å². The van der Waals surface area contributed by atoms with Crippen molar-refractivity contribution in [3.05, 3.63) is 85.1 Å². The first-order valence-electron chi connectivity index (χ1n) is 21.7. The number of carbonyl (C=O) groups is 3. The molecule has 0 amide bonds. The summed E-state index contributed by atoms with van der Waals surface area (Å²) in [5.41, 5.74) is 5.32. The Hall–Kier alpha value is -3.38. The molecule has 0 radical (unpaired) electrons. The number of rotatable bonds is 39. The molecule has 5 N–H and O–H groups in total. The molecule has 0 saturated carbocycles. The lowest BCUT2D eigenvalue weighted by Gasteiger charge is -2.20. The van der Waals surface area contributed by atoms with Crippen molar-refractivity contribution in [1.29, 1.82) is 0 Å². The number of hydrogen-bond acceptors (Lipinski definition) is 10. The molecule has 0 aliphatic carbocycles. The maximum Gasteiger partial charge on any atom is 0.472 e. The molecule has 0 spiro atoms. The number of carboxylic acids is 1. The predicted molar refractivity (Wildman–Crippen MR) is 236 cm³/mol. The molecule has 0 rings (SSSR count). The van der Waals surface area contributed by atoms with Gasteiger partial charge in [-0.1, -0.05) is 137 Å². The second kappa shape index (κ2) is 40.0. The number of esters is 2. The number of phosphoric ester groups is 1. The van der Waals surface area contributed by atoms with Crippen molar-refractivity contribution in [3.8, 4) is 0 Å². The second-order valence-electron chi connectivity index (χ2n) is 14.3. The molecule has 336 valence electrons. The highest BCUT2D eigenvalue weighted by molar-refractivity contribution is 7.47. The summed E-state index contributed by atoms with van der Waals surface area (Å²) in [5.74, 6) is -2.57. The van der Waals surface area contributed by atoms with Crippen LogP contribution in [0.15, 0.2) is 85.1 Å². The minimum atomic E-state index is -4.76. The standard InChI is InChI=1S/C46H76NO11P/c1-3-5-7-9-11-13-14-15-16-17-18-19-20-22-24-28-32-36-44(49)55-38-42(39-56-59(53,54)57-40-43(47)46(51)52)58-45(50)37-33-29-25-27-31-35-41(48)34-30-26-23-21-12-10-8-6-4-2/h11-13,15-16,18-19,21,25-27,30-31,35,41-43,48H,3-10,14,17,20,22-24,28-29,32-34,36-40,47H2,1-2H3,(H,51,52)(H,53,54)/b13-11-,16-15-,19-18-,21-12-,27-25+,30-26-,35-31-/t41?,42-,43+/m1/s1. The Labute approximate surface area is 355 Å². The molecular weight excluding hydrogens is 773 g/mol. The number of unbranched alkanes of at least 4 members (excludes halogenated alkanes) is 11. The highest BCUT2D eigenvalue weighted by atomic mass is 31.2. The third-order valence-electron chi connectivity index (χ3n) is 8.70. The quantitative estimate of drug-likeness (QED) is 0.0151. The van der Waals surface area contributed by atoms with Crippen molar-refractivity contribution in [2.24, 2.45) is 5.73 Å². The van der Waals surface area contributed by atoms with Crippen LogP contribution < -0.4 is 5.73 Å². The molecule has 0 saturated heterocycles. The average molecular weight is 850 g/mol. The number of aliphatic hydroxyl groups excluding tert-OH is 1. The number of carboxylic acid groups (broad SMARTS) is 1. The van der Waals surface area contributed by atoms with E-state index in [2.05, 4.69) is 67.0 Å². The van der Waals surface area contributed by atoms with Gasteiger partial charge in [-0.25, -0.2) is 4.57 Å². The molecule has 2 unspecified atom stereocenters. The monoisotopic (exact) mass is 850 g/mol. The van der Waals surface area contributed by atoms with Gasteiger partial charge in [0.2, 0.25) is 0 Å². The summed E-state index contributed by atoms with van der Waals surface area (Å²) in [6, 6.07) is -1.55. The zero-order chi connectivity index (χ0) is 43.7. The fraction of sp³-hybridized carbons (Fsp3) is 0.630. The summed E-state index contributed by atoms with van der Waals surface area (Å²) in [5, 5.41) is 19.0. The average Bonchev–Trinajstić information content (AvgIpc) is 3.21. The van der Waals surface area contributed by atoms with Gasteiger partial charge in [0.15, 0.2) is 6.10 Å². The first kappa shape index (κ1) is 55.6. The Morgan fingerprint density at radius 1 is 0.610 bits per heavy atom. The van der Waals surface area contributed by atoms with Crippen LogP contribution in [-0.2, 0) is 37.5 Å². The molecule has 0 aliphatic heterocycles. The Kier molecular flexibility index (Phi) is 37.8. The molecule has 13 heteroatoms. The molecule has 0 aliphatic rings. The zero-order valence-corrected chi connectivity index (χ0v) is 36.8. The van der Waals surface area contributed by atoms with Gasteiger partial charge in [-0.3, -0.25) is 23.4 Å². The summed E-state index contributed by atoms with van der Waals surface area (Å²) >= 11 is 0. The summed E-state index contributed by atoms with van der Waals surface area (Å²) in [4.78, 5) is 45.9. The smallest absolute Gasteiger partial charge is 0.472 e. The number of phosphoric acid groups is 1. The maximum absolute atomic E-state index is 12.6. The van der Waals surface area contributed by atoms with E-state index in [4.69, 9.17) is 24.8 Å². The van der Waals surface area contributed by atoms with Gasteiger partial charge in [0.25, 0.3) is 0 Å². The summed E-state index contributed by atoms with van der Waals surface area (Å²) in [7, 11) is -4.76. The largest absolute Gasteiger partial charge is 0.480 e. The molecule has 0 bridgehead atoms. The van der Waals surface area contributed by atoms with E-state index in [0.717, 1.165) is 57.8 Å². The van der Waals surface area contributed by atoms with Crippen LogP contribution in [0.3, 0.4) is 0 Å². The fourth-order valence-electron chi connectivity index (χ4n) is 5.20. The number of carbonyl (C=O) groups excluding carboxylic acids is 2. The molecule has 12 nitrogen and oxygen atoms in total. The van der Waals surface area contributed by atoms with Gasteiger partial charge < -0.3 is 30.3 Å². The minimum absolute atomic E-state index is 0.0163. The van der Waals surface area contributed by atoms with Gasteiger partial charge in [0.05, 0.1) is 19.3 Å².